The van der Waals surface area contributed by atoms with E-state index in [-0.39, 0.29) is 17.0 Å². The Morgan fingerprint density at radius 2 is 1.84 bits per heavy atom. The molecule has 134 valence electrons. The summed E-state index contributed by atoms with van der Waals surface area (Å²) in [4.78, 5) is 29.6. The largest absolute Gasteiger partial charge is 0.348 e. The first-order valence-electron chi connectivity index (χ1n) is 8.70. The van der Waals surface area contributed by atoms with Crippen LogP contribution in [0.2, 0.25) is 0 Å². The molecular weight excluding hydrogens is 314 g/mol. The minimum absolute atomic E-state index is 0.222. The van der Waals surface area contributed by atoms with Crippen molar-refractivity contribution < 1.29 is 4.79 Å². The molecule has 0 aliphatic carbocycles. The Bertz CT molecular complexity index is 802. The zero-order valence-corrected chi connectivity index (χ0v) is 15.7. The molecule has 2 aromatic rings. The van der Waals surface area contributed by atoms with Crippen molar-refractivity contribution in [1.29, 1.82) is 0 Å². The summed E-state index contributed by atoms with van der Waals surface area (Å²) in [6, 6.07) is 5.70. The van der Waals surface area contributed by atoms with E-state index in [0.717, 1.165) is 23.4 Å². The van der Waals surface area contributed by atoms with Crippen LogP contribution in [0.1, 0.15) is 53.1 Å². The van der Waals surface area contributed by atoms with Crippen molar-refractivity contribution in [2.24, 2.45) is 5.92 Å². The Hall–Kier alpha value is -2.43. The first-order valence-corrected chi connectivity index (χ1v) is 8.70. The summed E-state index contributed by atoms with van der Waals surface area (Å²) in [6.07, 6.45) is 2.67. The molecule has 0 bridgehead atoms. The predicted octanol–water partition coefficient (Wildman–Crippen LogP) is 3.14. The van der Waals surface area contributed by atoms with Gasteiger partial charge in [0, 0.05) is 30.7 Å². The van der Waals surface area contributed by atoms with Crippen molar-refractivity contribution in [1.82, 2.24) is 14.9 Å². The number of pyridine rings is 2. The molecule has 1 amide bonds. The third-order valence-electron chi connectivity index (χ3n) is 4.14. The molecule has 0 aromatic carbocycles. The molecule has 0 unspecified atom stereocenters. The van der Waals surface area contributed by atoms with Gasteiger partial charge in [0.25, 0.3) is 11.5 Å². The van der Waals surface area contributed by atoms with Gasteiger partial charge in [-0.25, -0.2) is 0 Å². The minimum atomic E-state index is -0.325. The van der Waals surface area contributed by atoms with E-state index in [9.17, 15) is 9.59 Å². The van der Waals surface area contributed by atoms with Crippen LogP contribution in [0, 0.1) is 26.7 Å². The van der Waals surface area contributed by atoms with Crippen LogP contribution in [0.15, 0.2) is 29.2 Å². The van der Waals surface area contributed by atoms with E-state index < -0.39 is 0 Å². The number of nitrogens with zero attached hydrogens (tertiary/aromatic N) is 2. The van der Waals surface area contributed by atoms with Crippen LogP contribution in [0.3, 0.4) is 0 Å². The first-order chi connectivity index (χ1) is 11.8. The molecule has 25 heavy (non-hydrogen) atoms. The third-order valence-corrected chi connectivity index (χ3v) is 4.14. The summed E-state index contributed by atoms with van der Waals surface area (Å²) >= 11 is 0. The van der Waals surface area contributed by atoms with Gasteiger partial charge in [0.2, 0.25) is 0 Å². The Morgan fingerprint density at radius 1 is 1.20 bits per heavy atom. The molecule has 0 aliphatic rings. The topological polar surface area (TPSA) is 64.0 Å². The summed E-state index contributed by atoms with van der Waals surface area (Å²) in [7, 11) is 0. The molecule has 2 heterocycles. The lowest BCUT2D eigenvalue weighted by atomic mass is 10.1. The van der Waals surface area contributed by atoms with Crippen molar-refractivity contribution in [2.75, 3.05) is 0 Å². The molecule has 0 spiro atoms. The molecule has 2 rings (SSSR count). The second-order valence-electron chi connectivity index (χ2n) is 7.00. The lowest BCUT2D eigenvalue weighted by Crippen LogP contribution is -2.34. The van der Waals surface area contributed by atoms with Crippen LogP contribution in [0.5, 0.6) is 0 Å². The van der Waals surface area contributed by atoms with E-state index >= 15 is 0 Å². The van der Waals surface area contributed by atoms with Gasteiger partial charge in [-0.2, -0.15) is 0 Å². The number of carbonyl (C=O) groups is 1. The van der Waals surface area contributed by atoms with Crippen molar-refractivity contribution in [3.8, 4) is 0 Å². The summed E-state index contributed by atoms with van der Waals surface area (Å²) in [6.45, 7) is 10.9. The van der Waals surface area contributed by atoms with Crippen LogP contribution in [0.4, 0.5) is 0 Å². The number of carbonyl (C=O) groups excluding carboxylic acids is 1. The lowest BCUT2D eigenvalue weighted by Gasteiger charge is -2.12. The highest BCUT2D eigenvalue weighted by Crippen LogP contribution is 2.07. The van der Waals surface area contributed by atoms with E-state index in [1.807, 2.05) is 32.0 Å². The van der Waals surface area contributed by atoms with Crippen molar-refractivity contribution in [3.63, 3.8) is 0 Å². The summed E-state index contributed by atoms with van der Waals surface area (Å²) in [5.41, 5.74) is 3.51. The van der Waals surface area contributed by atoms with Crippen molar-refractivity contribution in [2.45, 2.75) is 54.1 Å². The van der Waals surface area contributed by atoms with Crippen molar-refractivity contribution >= 4 is 5.91 Å². The van der Waals surface area contributed by atoms with Gasteiger partial charge >= 0.3 is 0 Å². The normalized spacial score (nSPS) is 11.0. The monoisotopic (exact) mass is 341 g/mol. The average Bonchev–Trinajstić information content (AvgIpc) is 2.51. The highest BCUT2D eigenvalue weighted by Gasteiger charge is 2.15. The lowest BCUT2D eigenvalue weighted by molar-refractivity contribution is 0.0948. The third kappa shape index (κ3) is 5.02. The fraction of sp³-hybridized carbons (Fsp3) is 0.450. The maximum atomic E-state index is 12.7. The number of nitrogens with one attached hydrogen (secondary N) is 1. The molecule has 5 heteroatoms. The van der Waals surface area contributed by atoms with E-state index in [1.54, 1.807) is 17.7 Å². The van der Waals surface area contributed by atoms with Gasteiger partial charge in [-0.15, -0.1) is 0 Å². The number of aromatic nitrogens is 2. The van der Waals surface area contributed by atoms with Gasteiger partial charge in [-0.05, 0) is 62.4 Å². The van der Waals surface area contributed by atoms with Gasteiger partial charge < -0.3 is 9.88 Å². The van der Waals surface area contributed by atoms with Gasteiger partial charge in [0.1, 0.15) is 5.56 Å². The second kappa shape index (κ2) is 8.10. The van der Waals surface area contributed by atoms with E-state index in [1.165, 1.54) is 0 Å². The highest BCUT2D eigenvalue weighted by atomic mass is 16.2. The van der Waals surface area contributed by atoms with E-state index in [0.29, 0.717) is 24.6 Å². The number of amides is 1. The molecular formula is C20H27N3O2. The van der Waals surface area contributed by atoms with Crippen LogP contribution in [-0.2, 0) is 13.1 Å². The van der Waals surface area contributed by atoms with Gasteiger partial charge in [0.15, 0.2) is 0 Å². The van der Waals surface area contributed by atoms with E-state index in [2.05, 4.69) is 24.1 Å². The summed E-state index contributed by atoms with van der Waals surface area (Å²) < 4.78 is 1.63. The molecule has 2 aromatic heterocycles. The zero-order chi connectivity index (χ0) is 18.6. The summed E-state index contributed by atoms with van der Waals surface area (Å²) in [5, 5.41) is 2.86. The fourth-order valence-electron chi connectivity index (χ4n) is 2.81. The Morgan fingerprint density at radius 3 is 2.44 bits per heavy atom. The number of hydrogen-bond acceptors (Lipinski definition) is 3. The average molecular weight is 341 g/mol. The standard InChI is InChI=1S/C20H27N3O2/c1-13(2)6-8-23-9-7-14(3)18(20(23)25)19(24)21-12-17-10-15(4)22-16(5)11-17/h7,9-11,13H,6,8,12H2,1-5H3,(H,21,24). The second-order valence-corrected chi connectivity index (χ2v) is 7.00. The van der Waals surface area contributed by atoms with Gasteiger partial charge in [0.05, 0.1) is 0 Å². The minimum Gasteiger partial charge on any atom is -0.348 e. The van der Waals surface area contributed by atoms with Crippen molar-refractivity contribution in [3.05, 3.63) is 62.8 Å². The first kappa shape index (κ1) is 18.9. The Kier molecular flexibility index (Phi) is 6.12. The molecule has 0 fully saturated rings. The molecule has 1 N–H and O–H groups in total. The molecule has 0 radical (unpaired) electrons. The quantitative estimate of drug-likeness (QED) is 0.878. The number of aryl methyl sites for hydroxylation is 4. The smallest absolute Gasteiger partial charge is 0.263 e. The molecule has 5 nitrogen and oxygen atoms in total. The van der Waals surface area contributed by atoms with E-state index in [4.69, 9.17) is 0 Å². The van der Waals surface area contributed by atoms with Crippen LogP contribution >= 0.6 is 0 Å². The van der Waals surface area contributed by atoms with Gasteiger partial charge in [-0.3, -0.25) is 14.6 Å². The predicted molar refractivity (Wildman–Crippen MR) is 99.8 cm³/mol. The Labute approximate surface area is 149 Å². The Balaban J connectivity index is 2.18. The highest BCUT2D eigenvalue weighted by molar-refractivity contribution is 5.95. The molecule has 0 atom stereocenters. The number of rotatable bonds is 6. The molecule has 0 saturated heterocycles. The maximum Gasteiger partial charge on any atom is 0.263 e. The van der Waals surface area contributed by atoms with Crippen LogP contribution in [0.25, 0.3) is 0 Å². The van der Waals surface area contributed by atoms with Crippen LogP contribution in [-0.4, -0.2) is 15.5 Å². The summed E-state index contributed by atoms with van der Waals surface area (Å²) in [5.74, 6) is 0.178. The maximum absolute atomic E-state index is 12.7. The van der Waals surface area contributed by atoms with Gasteiger partial charge in [-0.1, -0.05) is 13.8 Å². The molecule has 0 saturated carbocycles. The fourth-order valence-corrected chi connectivity index (χ4v) is 2.81. The zero-order valence-electron chi connectivity index (χ0n) is 15.7. The van der Waals surface area contributed by atoms with Crippen LogP contribution < -0.4 is 10.9 Å². The number of hydrogen-bond donors (Lipinski definition) is 1. The SMILES string of the molecule is Cc1cc(CNC(=O)c2c(C)ccn(CCC(C)C)c2=O)cc(C)n1. The molecule has 0 aliphatic heterocycles.